The molecule has 0 atom stereocenters. The number of carbonyl (C=O) groups excluding carboxylic acids is 2. The van der Waals surface area contributed by atoms with Crippen LogP contribution in [0.1, 0.15) is 155 Å². The van der Waals surface area contributed by atoms with Gasteiger partial charge in [-0.15, -0.1) is 0 Å². The van der Waals surface area contributed by atoms with Crippen LogP contribution in [-0.2, 0) is 19.1 Å². The number of hydrogen-bond acceptors (Lipinski definition) is 6. The van der Waals surface area contributed by atoms with Gasteiger partial charge < -0.3 is 9.47 Å². The molecule has 0 heterocycles. The van der Waals surface area contributed by atoms with E-state index in [9.17, 15) is 9.59 Å². The van der Waals surface area contributed by atoms with Gasteiger partial charge in [-0.05, 0) is 12.8 Å². The van der Waals surface area contributed by atoms with Crippen molar-refractivity contribution in [3.8, 4) is 0 Å². The van der Waals surface area contributed by atoms with E-state index in [4.69, 9.17) is 9.47 Å². The molecule has 0 spiro atoms. The zero-order valence-corrected chi connectivity index (χ0v) is 26.9. The van der Waals surface area contributed by atoms with Crippen LogP contribution in [0.15, 0.2) is 0 Å². The quantitative estimate of drug-likeness (QED) is 0.0606. The first-order chi connectivity index (χ1) is 18.7. The molecule has 0 unspecified atom stereocenters. The van der Waals surface area contributed by atoms with Gasteiger partial charge in [-0.3, -0.25) is 9.59 Å². The van der Waals surface area contributed by atoms with Crippen molar-refractivity contribution in [2.45, 2.75) is 155 Å². The van der Waals surface area contributed by atoms with Crippen molar-refractivity contribution in [3.05, 3.63) is 0 Å². The third-order valence-corrected chi connectivity index (χ3v) is 9.02. The van der Waals surface area contributed by atoms with Crippen LogP contribution in [0.4, 0.5) is 0 Å². The second kappa shape index (κ2) is 32.8. The highest BCUT2D eigenvalue weighted by Gasteiger charge is 2.05. The monoisotopic (exact) mass is 574 g/mol. The molecule has 0 aliphatic carbocycles. The van der Waals surface area contributed by atoms with Crippen LogP contribution in [0.3, 0.4) is 0 Å². The van der Waals surface area contributed by atoms with Crippen molar-refractivity contribution in [3.63, 3.8) is 0 Å². The highest BCUT2D eigenvalue weighted by atomic mass is 32.2. The maximum absolute atomic E-state index is 11.8. The molecular weight excluding hydrogens is 512 g/mol. The van der Waals surface area contributed by atoms with E-state index < -0.39 is 0 Å². The Balaban J connectivity index is 3.25. The predicted molar refractivity (Wildman–Crippen MR) is 169 cm³/mol. The molecule has 0 fully saturated rings. The van der Waals surface area contributed by atoms with Crippen LogP contribution in [-0.4, -0.2) is 48.2 Å². The van der Waals surface area contributed by atoms with E-state index in [-0.39, 0.29) is 11.9 Å². The van der Waals surface area contributed by atoms with E-state index in [1.54, 1.807) is 23.5 Å². The molecule has 0 saturated heterocycles. The Labute approximate surface area is 245 Å². The third-order valence-electron chi connectivity index (χ3n) is 6.79. The van der Waals surface area contributed by atoms with Gasteiger partial charge >= 0.3 is 11.9 Å². The van der Waals surface area contributed by atoms with Gasteiger partial charge in [0.1, 0.15) is 0 Å². The molecule has 4 nitrogen and oxygen atoms in total. The molecule has 0 aromatic rings. The summed E-state index contributed by atoms with van der Waals surface area (Å²) in [6, 6.07) is 0. The van der Waals surface area contributed by atoms with E-state index in [1.165, 1.54) is 116 Å². The largest absolute Gasteiger partial charge is 0.466 e. The van der Waals surface area contributed by atoms with E-state index in [1.807, 2.05) is 0 Å². The van der Waals surface area contributed by atoms with Crippen LogP contribution < -0.4 is 0 Å². The minimum Gasteiger partial charge on any atom is -0.466 e. The maximum Gasteiger partial charge on any atom is 0.306 e. The van der Waals surface area contributed by atoms with E-state index >= 15 is 0 Å². The number of thioether (sulfide) groups is 2. The van der Waals surface area contributed by atoms with Crippen molar-refractivity contribution in [2.24, 2.45) is 0 Å². The Morgan fingerprint density at radius 1 is 0.421 bits per heavy atom. The first kappa shape index (κ1) is 37.6. The van der Waals surface area contributed by atoms with Crippen LogP contribution in [0, 0.1) is 0 Å². The summed E-state index contributed by atoms with van der Waals surface area (Å²) in [7, 11) is 0. The van der Waals surface area contributed by atoms with Crippen molar-refractivity contribution >= 4 is 35.5 Å². The number of hydrogen-bond donors (Lipinski definition) is 0. The van der Waals surface area contributed by atoms with Crippen LogP contribution in [0.2, 0.25) is 0 Å². The number of unbranched alkanes of at least 4 members (excludes halogenated alkanes) is 18. The Bertz CT molecular complexity index is 458. The van der Waals surface area contributed by atoms with E-state index in [2.05, 4.69) is 13.8 Å². The lowest BCUT2D eigenvalue weighted by Crippen LogP contribution is -2.08. The first-order valence-electron chi connectivity index (χ1n) is 16.2. The minimum atomic E-state index is -0.0637. The lowest BCUT2D eigenvalue weighted by molar-refractivity contribution is -0.144. The van der Waals surface area contributed by atoms with E-state index in [0.29, 0.717) is 26.1 Å². The smallest absolute Gasteiger partial charge is 0.306 e. The second-order valence-corrected chi connectivity index (χ2v) is 13.0. The Morgan fingerprint density at radius 2 is 0.711 bits per heavy atom. The number of ether oxygens (including phenoxy) is 2. The molecule has 0 bridgehead atoms. The van der Waals surface area contributed by atoms with Crippen molar-refractivity contribution < 1.29 is 19.1 Å². The molecule has 0 saturated carbocycles. The molecule has 38 heavy (non-hydrogen) atoms. The summed E-state index contributed by atoms with van der Waals surface area (Å²) >= 11 is 3.58. The van der Waals surface area contributed by atoms with Gasteiger partial charge in [0.05, 0.1) is 26.1 Å². The fourth-order valence-electron chi connectivity index (χ4n) is 4.33. The van der Waals surface area contributed by atoms with Gasteiger partial charge in [0, 0.05) is 23.0 Å². The Hall–Kier alpha value is -0.360. The lowest BCUT2D eigenvalue weighted by atomic mass is 10.1. The molecule has 0 rings (SSSR count). The average Bonchev–Trinajstić information content (AvgIpc) is 2.91. The highest BCUT2D eigenvalue weighted by Crippen LogP contribution is 2.13. The van der Waals surface area contributed by atoms with Crippen LogP contribution >= 0.6 is 23.5 Å². The highest BCUT2D eigenvalue weighted by molar-refractivity contribution is 8.02. The zero-order valence-electron chi connectivity index (χ0n) is 25.2. The third kappa shape index (κ3) is 31.9. The zero-order chi connectivity index (χ0) is 27.8. The number of esters is 2. The normalized spacial score (nSPS) is 11.1. The summed E-state index contributed by atoms with van der Waals surface area (Å²) in [6.07, 6.45) is 26.8. The summed E-state index contributed by atoms with van der Waals surface area (Å²) in [5, 5.41) is 0. The van der Waals surface area contributed by atoms with Gasteiger partial charge in [-0.2, -0.15) is 23.5 Å². The van der Waals surface area contributed by atoms with Crippen molar-refractivity contribution in [2.75, 3.05) is 36.2 Å². The summed E-state index contributed by atoms with van der Waals surface area (Å²) in [6.45, 7) is 5.67. The molecule has 0 N–H and O–H groups in total. The lowest BCUT2D eigenvalue weighted by Gasteiger charge is -2.06. The summed E-state index contributed by atoms with van der Waals surface area (Å²) in [5.74, 6) is 3.52. The molecule has 0 aromatic carbocycles. The van der Waals surface area contributed by atoms with Crippen LogP contribution in [0.5, 0.6) is 0 Å². The molecule has 226 valence electrons. The Morgan fingerprint density at radius 3 is 1.03 bits per heavy atom. The van der Waals surface area contributed by atoms with Gasteiger partial charge in [0.25, 0.3) is 0 Å². The van der Waals surface area contributed by atoms with Gasteiger partial charge in [-0.1, -0.05) is 129 Å². The van der Waals surface area contributed by atoms with Crippen LogP contribution in [0.25, 0.3) is 0 Å². The fraction of sp³-hybridized carbons (Fsp3) is 0.938. The average molecular weight is 575 g/mol. The molecule has 0 aromatic heterocycles. The molecule has 0 aliphatic rings. The summed E-state index contributed by atoms with van der Waals surface area (Å²) in [5.41, 5.74) is 0. The molecule has 0 radical (unpaired) electrons. The molecule has 6 heteroatoms. The molecule has 0 aliphatic heterocycles. The van der Waals surface area contributed by atoms with Crippen molar-refractivity contribution in [1.82, 2.24) is 0 Å². The standard InChI is InChI=1S/C32H62O4S2/c1-3-5-7-9-11-13-15-17-19-21-25-35-31(33)23-27-37-29-30-38-28-24-32(34)36-26-22-20-18-16-14-12-10-8-6-4-2/h3-30H2,1-2H3. The topological polar surface area (TPSA) is 52.6 Å². The number of carbonyl (C=O) groups is 2. The van der Waals surface area contributed by atoms with Gasteiger partial charge in [0.2, 0.25) is 0 Å². The molecule has 0 amide bonds. The minimum absolute atomic E-state index is 0.0637. The second-order valence-electron chi connectivity index (χ2n) is 10.5. The SMILES string of the molecule is CCCCCCCCCCCCOC(=O)CCSCCSCCC(=O)OCCCCCCCCCCCC. The maximum atomic E-state index is 11.8. The summed E-state index contributed by atoms with van der Waals surface area (Å²) in [4.78, 5) is 23.7. The molecular formula is C32H62O4S2. The van der Waals surface area contributed by atoms with Crippen molar-refractivity contribution in [1.29, 1.82) is 0 Å². The number of rotatable bonds is 31. The Kier molecular flexibility index (Phi) is 32.5. The first-order valence-corrected chi connectivity index (χ1v) is 18.5. The summed E-state index contributed by atoms with van der Waals surface area (Å²) < 4.78 is 10.7. The fourth-order valence-corrected chi connectivity index (χ4v) is 6.30. The predicted octanol–water partition coefficient (Wildman–Crippen LogP) is 10.2. The van der Waals surface area contributed by atoms with Gasteiger partial charge in [0.15, 0.2) is 0 Å². The van der Waals surface area contributed by atoms with E-state index in [0.717, 1.165) is 35.9 Å². The van der Waals surface area contributed by atoms with Gasteiger partial charge in [-0.25, -0.2) is 0 Å².